The Morgan fingerprint density at radius 3 is 2.37 bits per heavy atom. The van der Waals surface area contributed by atoms with Crippen molar-refractivity contribution >= 4 is 40.4 Å². The number of amidine groups is 1. The molecule has 0 saturated carbocycles. The van der Waals surface area contributed by atoms with Gasteiger partial charge >= 0.3 is 0 Å². The fourth-order valence-corrected chi connectivity index (χ4v) is 3.71. The smallest absolute Gasteiger partial charge is 0.243 e. The van der Waals surface area contributed by atoms with Crippen LogP contribution in [-0.4, -0.2) is 36.1 Å². The molecule has 1 aliphatic heterocycles. The number of anilines is 2. The molecular formula is C21H24N4OS. The molecule has 27 heavy (non-hydrogen) atoms. The Bertz CT molecular complexity index is 839. The first kappa shape index (κ1) is 19.2. The van der Waals surface area contributed by atoms with E-state index in [9.17, 15) is 4.79 Å². The van der Waals surface area contributed by atoms with Gasteiger partial charge in [-0.05, 0) is 50.6 Å². The number of thioether (sulfide) groups is 1. The summed E-state index contributed by atoms with van der Waals surface area (Å²) in [6.07, 6.45) is 1.72. The first-order valence-electron chi connectivity index (χ1n) is 9.10. The quantitative estimate of drug-likeness (QED) is 0.554. The predicted octanol–water partition coefficient (Wildman–Crippen LogP) is 4.31. The highest BCUT2D eigenvalue weighted by Gasteiger charge is 2.29. The van der Waals surface area contributed by atoms with Gasteiger partial charge in [-0.3, -0.25) is 9.69 Å². The molecule has 1 fully saturated rings. The van der Waals surface area contributed by atoms with Crippen molar-refractivity contribution in [1.82, 2.24) is 0 Å². The van der Waals surface area contributed by atoms with Gasteiger partial charge in [0, 0.05) is 18.8 Å². The summed E-state index contributed by atoms with van der Waals surface area (Å²) in [6.45, 7) is 8.29. The highest BCUT2D eigenvalue weighted by molar-refractivity contribution is 8.15. The van der Waals surface area contributed by atoms with Crippen LogP contribution in [-0.2, 0) is 4.79 Å². The molecule has 2 aromatic carbocycles. The fourth-order valence-electron chi connectivity index (χ4n) is 2.89. The number of rotatable bonds is 6. The van der Waals surface area contributed by atoms with Gasteiger partial charge in [0.05, 0.1) is 17.7 Å². The van der Waals surface area contributed by atoms with E-state index in [-0.39, 0.29) is 5.91 Å². The monoisotopic (exact) mass is 380 g/mol. The number of nitrogens with zero attached hydrogens (tertiary/aromatic N) is 4. The maximum Gasteiger partial charge on any atom is 0.243 e. The molecule has 1 heterocycles. The maximum atomic E-state index is 12.2. The Labute approximate surface area is 164 Å². The zero-order chi connectivity index (χ0) is 19.2. The molecule has 140 valence electrons. The molecule has 0 aromatic heterocycles. The Morgan fingerprint density at radius 2 is 1.74 bits per heavy atom. The van der Waals surface area contributed by atoms with Gasteiger partial charge in [0.2, 0.25) is 5.91 Å². The maximum absolute atomic E-state index is 12.2. The molecule has 1 saturated heterocycles. The van der Waals surface area contributed by atoms with Gasteiger partial charge in [0.15, 0.2) is 5.17 Å². The SMILES string of the molecule is CCN(CC)c1ccc(/C=N/N=C2\SCC(=O)N2c2ccc(C)cc2)cc1. The van der Waals surface area contributed by atoms with Gasteiger partial charge in [-0.25, -0.2) is 0 Å². The van der Waals surface area contributed by atoms with Crippen LogP contribution in [0.1, 0.15) is 25.0 Å². The highest BCUT2D eigenvalue weighted by Crippen LogP contribution is 2.27. The summed E-state index contributed by atoms with van der Waals surface area (Å²) >= 11 is 1.41. The number of hydrogen-bond acceptors (Lipinski definition) is 5. The van der Waals surface area contributed by atoms with E-state index in [4.69, 9.17) is 0 Å². The van der Waals surface area contributed by atoms with E-state index in [2.05, 4.69) is 41.1 Å². The van der Waals surface area contributed by atoms with Crippen molar-refractivity contribution in [3.8, 4) is 0 Å². The van der Waals surface area contributed by atoms with E-state index in [1.807, 2.05) is 43.3 Å². The van der Waals surface area contributed by atoms with E-state index in [0.29, 0.717) is 10.9 Å². The van der Waals surface area contributed by atoms with Crippen LogP contribution in [0.2, 0.25) is 0 Å². The highest BCUT2D eigenvalue weighted by atomic mass is 32.2. The van der Waals surface area contributed by atoms with E-state index in [1.165, 1.54) is 17.4 Å². The molecule has 0 aliphatic carbocycles. The summed E-state index contributed by atoms with van der Waals surface area (Å²) < 4.78 is 0. The average molecular weight is 381 g/mol. The van der Waals surface area contributed by atoms with Crippen LogP contribution < -0.4 is 9.80 Å². The Balaban J connectivity index is 1.74. The van der Waals surface area contributed by atoms with Crippen LogP contribution in [0.15, 0.2) is 58.7 Å². The molecule has 0 bridgehead atoms. The van der Waals surface area contributed by atoms with Gasteiger partial charge in [-0.15, -0.1) is 5.10 Å². The van der Waals surface area contributed by atoms with Crippen molar-refractivity contribution < 1.29 is 4.79 Å². The lowest BCUT2D eigenvalue weighted by Crippen LogP contribution is -2.28. The van der Waals surface area contributed by atoms with Crippen molar-refractivity contribution in [2.75, 3.05) is 28.6 Å². The summed E-state index contributed by atoms with van der Waals surface area (Å²) in [4.78, 5) is 16.2. The molecule has 6 heteroatoms. The number of carbonyl (C=O) groups is 1. The lowest BCUT2D eigenvalue weighted by atomic mass is 10.2. The third kappa shape index (κ3) is 4.57. The third-order valence-corrected chi connectivity index (χ3v) is 5.34. The molecule has 2 aromatic rings. The van der Waals surface area contributed by atoms with Gasteiger partial charge in [0.1, 0.15) is 0 Å². The van der Waals surface area contributed by atoms with Crippen LogP contribution >= 0.6 is 11.8 Å². The Morgan fingerprint density at radius 1 is 1.07 bits per heavy atom. The van der Waals surface area contributed by atoms with Crippen LogP contribution in [0.3, 0.4) is 0 Å². The molecule has 3 rings (SSSR count). The molecule has 0 atom stereocenters. The zero-order valence-corrected chi connectivity index (χ0v) is 16.7. The largest absolute Gasteiger partial charge is 0.372 e. The molecule has 0 unspecified atom stereocenters. The first-order valence-corrected chi connectivity index (χ1v) is 10.1. The van der Waals surface area contributed by atoms with Crippen molar-refractivity contribution in [1.29, 1.82) is 0 Å². The zero-order valence-electron chi connectivity index (χ0n) is 15.9. The fraction of sp³-hybridized carbons (Fsp3) is 0.286. The molecular weight excluding hydrogens is 356 g/mol. The molecule has 0 radical (unpaired) electrons. The number of carbonyl (C=O) groups excluding carboxylic acids is 1. The van der Waals surface area contributed by atoms with Crippen LogP contribution in [0.4, 0.5) is 11.4 Å². The summed E-state index contributed by atoms with van der Waals surface area (Å²) in [5.41, 5.74) is 4.16. The minimum absolute atomic E-state index is 0.0291. The van der Waals surface area contributed by atoms with E-state index in [0.717, 1.165) is 29.9 Å². The topological polar surface area (TPSA) is 48.3 Å². The number of hydrogen-bond donors (Lipinski definition) is 0. The Kier molecular flexibility index (Phi) is 6.29. The summed E-state index contributed by atoms with van der Waals surface area (Å²) in [5, 5.41) is 9.09. The second kappa shape index (κ2) is 8.86. The van der Waals surface area contributed by atoms with Crippen molar-refractivity contribution in [3.63, 3.8) is 0 Å². The minimum Gasteiger partial charge on any atom is -0.372 e. The Hall–Kier alpha value is -2.60. The second-order valence-corrected chi connectivity index (χ2v) is 7.19. The standard InChI is InChI=1S/C21H24N4OS/c1-4-24(5-2)18-12-8-17(9-13-18)14-22-23-21-25(20(26)15-27-21)19-10-6-16(3)7-11-19/h6-14H,4-5,15H2,1-3H3/b22-14+,23-21-. The minimum atomic E-state index is 0.0291. The van der Waals surface area contributed by atoms with E-state index < -0.39 is 0 Å². The first-order chi connectivity index (χ1) is 13.1. The van der Waals surface area contributed by atoms with Gasteiger partial charge in [-0.1, -0.05) is 41.6 Å². The summed E-state index contributed by atoms with van der Waals surface area (Å²) in [7, 11) is 0. The summed E-state index contributed by atoms with van der Waals surface area (Å²) in [5.74, 6) is 0.419. The molecule has 5 nitrogen and oxygen atoms in total. The number of benzene rings is 2. The number of amides is 1. The lowest BCUT2D eigenvalue weighted by Gasteiger charge is -2.20. The van der Waals surface area contributed by atoms with Gasteiger partial charge in [0.25, 0.3) is 0 Å². The van der Waals surface area contributed by atoms with E-state index in [1.54, 1.807) is 11.1 Å². The van der Waals surface area contributed by atoms with Crippen LogP contribution in [0, 0.1) is 6.92 Å². The summed E-state index contributed by atoms with van der Waals surface area (Å²) in [6, 6.07) is 16.1. The normalized spacial score (nSPS) is 15.9. The third-order valence-electron chi connectivity index (χ3n) is 4.43. The van der Waals surface area contributed by atoms with Crippen molar-refractivity contribution in [2.45, 2.75) is 20.8 Å². The van der Waals surface area contributed by atoms with Crippen LogP contribution in [0.25, 0.3) is 0 Å². The van der Waals surface area contributed by atoms with Crippen LogP contribution in [0.5, 0.6) is 0 Å². The molecule has 0 spiro atoms. The lowest BCUT2D eigenvalue weighted by molar-refractivity contribution is -0.115. The molecule has 1 amide bonds. The van der Waals surface area contributed by atoms with Crippen molar-refractivity contribution in [2.24, 2.45) is 10.2 Å². The van der Waals surface area contributed by atoms with Crippen molar-refractivity contribution in [3.05, 3.63) is 59.7 Å². The predicted molar refractivity (Wildman–Crippen MR) is 116 cm³/mol. The molecule has 1 aliphatic rings. The molecule has 0 N–H and O–H groups in total. The van der Waals surface area contributed by atoms with Gasteiger partial charge in [-0.2, -0.15) is 5.10 Å². The average Bonchev–Trinajstić information content (AvgIpc) is 3.05. The van der Waals surface area contributed by atoms with E-state index >= 15 is 0 Å². The number of aryl methyl sites for hydroxylation is 1. The van der Waals surface area contributed by atoms with Gasteiger partial charge < -0.3 is 4.90 Å². The second-order valence-electron chi connectivity index (χ2n) is 6.24.